The second-order valence-corrected chi connectivity index (χ2v) is 5.66. The van der Waals surface area contributed by atoms with Gasteiger partial charge in [-0.3, -0.25) is 4.79 Å². The molecule has 0 atom stereocenters. The minimum atomic E-state index is -0.141. The molecule has 114 valence electrons. The van der Waals surface area contributed by atoms with Gasteiger partial charge in [0, 0.05) is 19.5 Å². The predicted octanol–water partition coefficient (Wildman–Crippen LogP) is 0.760. The Morgan fingerprint density at radius 1 is 1.43 bits per heavy atom. The van der Waals surface area contributed by atoms with Gasteiger partial charge in [-0.25, -0.2) is 9.97 Å². The summed E-state index contributed by atoms with van der Waals surface area (Å²) < 4.78 is 5.57. The highest BCUT2D eigenvalue weighted by Gasteiger charge is 2.27. The van der Waals surface area contributed by atoms with E-state index in [1.165, 1.54) is 6.33 Å². The molecule has 0 saturated carbocycles. The maximum absolute atomic E-state index is 12.3. The fourth-order valence-corrected chi connectivity index (χ4v) is 2.99. The molecule has 0 amide bonds. The number of ether oxygens (including phenoxy) is 1. The van der Waals surface area contributed by atoms with Crippen LogP contribution in [-0.2, 0) is 17.8 Å². The summed E-state index contributed by atoms with van der Waals surface area (Å²) in [4.78, 5) is 23.1. The monoisotopic (exact) mass is 290 g/mol. The van der Waals surface area contributed by atoms with Crippen molar-refractivity contribution in [2.45, 2.75) is 32.7 Å². The number of piperidine rings is 1. The summed E-state index contributed by atoms with van der Waals surface area (Å²) in [5, 5.41) is 3.27. The Morgan fingerprint density at radius 2 is 2.24 bits per heavy atom. The van der Waals surface area contributed by atoms with Crippen LogP contribution in [0.5, 0.6) is 5.88 Å². The van der Waals surface area contributed by atoms with Gasteiger partial charge in [0.2, 0.25) is 5.88 Å². The van der Waals surface area contributed by atoms with Gasteiger partial charge in [-0.2, -0.15) is 0 Å². The Balaban J connectivity index is 1.65. The third-order valence-corrected chi connectivity index (χ3v) is 4.40. The van der Waals surface area contributed by atoms with Crippen molar-refractivity contribution >= 4 is 5.97 Å². The highest BCUT2D eigenvalue weighted by atomic mass is 16.5. The van der Waals surface area contributed by atoms with E-state index in [0.29, 0.717) is 12.4 Å². The molecule has 0 radical (unpaired) electrons. The van der Waals surface area contributed by atoms with Gasteiger partial charge < -0.3 is 15.0 Å². The lowest BCUT2D eigenvalue weighted by molar-refractivity contribution is -0.140. The van der Waals surface area contributed by atoms with Crippen LogP contribution in [0.4, 0.5) is 0 Å². The molecular weight excluding hydrogens is 268 g/mol. The number of rotatable bonds is 3. The van der Waals surface area contributed by atoms with E-state index in [1.807, 2.05) is 0 Å². The van der Waals surface area contributed by atoms with Crippen molar-refractivity contribution in [3.05, 3.63) is 17.6 Å². The van der Waals surface area contributed by atoms with Gasteiger partial charge >= 0.3 is 5.97 Å². The highest BCUT2D eigenvalue weighted by Crippen LogP contribution is 2.24. The summed E-state index contributed by atoms with van der Waals surface area (Å²) in [6.07, 6.45) is 4.10. The van der Waals surface area contributed by atoms with Crippen LogP contribution in [-0.4, -0.2) is 47.0 Å². The predicted molar refractivity (Wildman–Crippen MR) is 77.9 cm³/mol. The molecule has 3 rings (SSSR count). The number of nitrogens with one attached hydrogen (secondary N) is 1. The van der Waals surface area contributed by atoms with Gasteiger partial charge in [0.05, 0.1) is 17.2 Å². The number of esters is 1. The highest BCUT2D eigenvalue weighted by molar-refractivity contribution is 5.75. The van der Waals surface area contributed by atoms with Gasteiger partial charge in [0.25, 0.3) is 0 Å². The molecular formula is C15H22N4O2. The number of nitrogens with zero attached hydrogens (tertiary/aromatic N) is 3. The SMILES string of the molecule is CCN1CCC(C(=O)Oc2ncnc3c2CNCC3)CC1. The first-order valence-electron chi connectivity index (χ1n) is 7.75. The molecule has 1 saturated heterocycles. The van der Waals surface area contributed by atoms with Crippen molar-refractivity contribution in [3.63, 3.8) is 0 Å². The standard InChI is InChI=1S/C15H22N4O2/c1-2-19-7-4-11(5-8-19)15(20)21-14-12-9-16-6-3-13(12)17-10-18-14/h10-11,16H,2-9H2,1H3. The number of aromatic nitrogens is 2. The number of hydrogen-bond acceptors (Lipinski definition) is 6. The van der Waals surface area contributed by atoms with Crippen LogP contribution in [0.15, 0.2) is 6.33 Å². The molecule has 0 spiro atoms. The molecule has 1 N–H and O–H groups in total. The minimum absolute atomic E-state index is 0.00466. The van der Waals surface area contributed by atoms with Gasteiger partial charge in [0.15, 0.2) is 0 Å². The molecule has 0 unspecified atom stereocenters. The van der Waals surface area contributed by atoms with Crippen molar-refractivity contribution < 1.29 is 9.53 Å². The summed E-state index contributed by atoms with van der Waals surface area (Å²) in [6, 6.07) is 0. The van der Waals surface area contributed by atoms with E-state index in [9.17, 15) is 4.79 Å². The number of carbonyl (C=O) groups excluding carboxylic acids is 1. The Kier molecular flexibility index (Phi) is 4.45. The molecule has 2 aliphatic rings. The number of carbonyl (C=O) groups is 1. The smallest absolute Gasteiger partial charge is 0.315 e. The van der Waals surface area contributed by atoms with Crippen LogP contribution < -0.4 is 10.1 Å². The number of likely N-dealkylation sites (tertiary alicyclic amines) is 1. The van der Waals surface area contributed by atoms with Gasteiger partial charge in [-0.15, -0.1) is 0 Å². The molecule has 0 aliphatic carbocycles. The fourth-order valence-electron chi connectivity index (χ4n) is 2.99. The summed E-state index contributed by atoms with van der Waals surface area (Å²) >= 11 is 0. The van der Waals surface area contributed by atoms with Crippen LogP contribution in [0.25, 0.3) is 0 Å². The Hall–Kier alpha value is -1.53. The zero-order valence-electron chi connectivity index (χ0n) is 12.5. The van der Waals surface area contributed by atoms with E-state index in [4.69, 9.17) is 4.74 Å². The molecule has 6 nitrogen and oxygen atoms in total. The third-order valence-electron chi connectivity index (χ3n) is 4.40. The van der Waals surface area contributed by atoms with Crippen LogP contribution in [0.3, 0.4) is 0 Å². The Morgan fingerprint density at radius 3 is 3.00 bits per heavy atom. The molecule has 21 heavy (non-hydrogen) atoms. The zero-order valence-corrected chi connectivity index (χ0v) is 12.5. The first-order chi connectivity index (χ1) is 10.3. The van der Waals surface area contributed by atoms with E-state index < -0.39 is 0 Å². The maximum Gasteiger partial charge on any atom is 0.315 e. The summed E-state index contributed by atoms with van der Waals surface area (Å²) in [5.41, 5.74) is 1.93. The second-order valence-electron chi connectivity index (χ2n) is 5.66. The molecule has 2 aliphatic heterocycles. The Bertz CT molecular complexity index is 512. The van der Waals surface area contributed by atoms with Crippen molar-refractivity contribution in [1.82, 2.24) is 20.2 Å². The first-order valence-corrected chi connectivity index (χ1v) is 7.75. The van der Waals surface area contributed by atoms with Crippen molar-refractivity contribution in [2.24, 2.45) is 5.92 Å². The van der Waals surface area contributed by atoms with E-state index in [0.717, 1.165) is 56.7 Å². The van der Waals surface area contributed by atoms with E-state index in [-0.39, 0.29) is 11.9 Å². The molecule has 0 aromatic carbocycles. The molecule has 3 heterocycles. The zero-order chi connectivity index (χ0) is 14.7. The first kappa shape index (κ1) is 14.4. The average molecular weight is 290 g/mol. The number of fused-ring (bicyclic) bond motifs is 1. The van der Waals surface area contributed by atoms with Crippen LogP contribution >= 0.6 is 0 Å². The quantitative estimate of drug-likeness (QED) is 0.829. The third kappa shape index (κ3) is 3.22. The fraction of sp³-hybridized carbons (Fsp3) is 0.667. The molecule has 0 bridgehead atoms. The van der Waals surface area contributed by atoms with Crippen LogP contribution in [0.2, 0.25) is 0 Å². The van der Waals surface area contributed by atoms with Crippen LogP contribution in [0, 0.1) is 5.92 Å². The van der Waals surface area contributed by atoms with Gasteiger partial charge in [-0.1, -0.05) is 6.92 Å². The van der Waals surface area contributed by atoms with Gasteiger partial charge in [0.1, 0.15) is 6.33 Å². The summed E-state index contributed by atoms with van der Waals surface area (Å²) in [7, 11) is 0. The lowest BCUT2D eigenvalue weighted by atomic mass is 9.97. The Labute approximate surface area is 124 Å². The molecule has 1 aromatic rings. The van der Waals surface area contributed by atoms with Crippen molar-refractivity contribution in [3.8, 4) is 5.88 Å². The van der Waals surface area contributed by atoms with Gasteiger partial charge in [-0.05, 0) is 32.5 Å². The maximum atomic E-state index is 12.3. The molecule has 6 heteroatoms. The summed E-state index contributed by atoms with van der Waals surface area (Å²) in [5.74, 6) is 0.294. The number of hydrogen-bond donors (Lipinski definition) is 1. The van der Waals surface area contributed by atoms with E-state index in [1.54, 1.807) is 0 Å². The lowest BCUT2D eigenvalue weighted by Gasteiger charge is -2.29. The summed E-state index contributed by atoms with van der Waals surface area (Å²) in [6.45, 7) is 6.73. The topological polar surface area (TPSA) is 67.4 Å². The van der Waals surface area contributed by atoms with Crippen LogP contribution in [0.1, 0.15) is 31.0 Å². The van der Waals surface area contributed by atoms with E-state index >= 15 is 0 Å². The van der Waals surface area contributed by atoms with Crippen molar-refractivity contribution in [2.75, 3.05) is 26.2 Å². The lowest BCUT2D eigenvalue weighted by Crippen LogP contribution is -2.37. The normalized spacial score (nSPS) is 20.0. The average Bonchev–Trinajstić information content (AvgIpc) is 2.55. The van der Waals surface area contributed by atoms with E-state index in [2.05, 4.69) is 27.1 Å². The minimum Gasteiger partial charge on any atom is -0.407 e. The second kappa shape index (κ2) is 6.49. The molecule has 1 fully saturated rings. The molecule has 1 aromatic heterocycles. The van der Waals surface area contributed by atoms with Crippen molar-refractivity contribution in [1.29, 1.82) is 0 Å². The largest absolute Gasteiger partial charge is 0.407 e.